The highest BCUT2D eigenvalue weighted by Crippen LogP contribution is 2.26. The van der Waals surface area contributed by atoms with Crippen LogP contribution in [0.15, 0.2) is 0 Å². The summed E-state index contributed by atoms with van der Waals surface area (Å²) in [5, 5.41) is 3.88. The molecule has 2 heterocycles. The number of carbonyl (C=O) groups excluding carboxylic acids is 1. The topological polar surface area (TPSA) is 45.2 Å². The Labute approximate surface area is 87.1 Å². The zero-order chi connectivity index (χ0) is 10.1. The fourth-order valence-corrected chi connectivity index (χ4v) is 2.21. The molecule has 0 unspecified atom stereocenters. The average molecular weight is 211 g/mol. The molecule has 0 saturated carbocycles. The Morgan fingerprint density at radius 3 is 2.79 bits per heavy atom. The Morgan fingerprint density at radius 1 is 1.57 bits per heavy atom. The van der Waals surface area contributed by atoms with Crippen LogP contribution in [0.3, 0.4) is 0 Å². The van der Waals surface area contributed by atoms with Gasteiger partial charge in [0.05, 0.1) is 11.3 Å². The number of aryl methyl sites for hydroxylation is 1. The third kappa shape index (κ3) is 1.37. The van der Waals surface area contributed by atoms with E-state index in [1.165, 1.54) is 11.5 Å². The Kier molecular flexibility index (Phi) is 2.41. The molecule has 4 nitrogen and oxygen atoms in total. The Morgan fingerprint density at radius 2 is 2.29 bits per heavy atom. The van der Waals surface area contributed by atoms with Crippen molar-refractivity contribution in [3.63, 3.8) is 0 Å². The van der Waals surface area contributed by atoms with Crippen molar-refractivity contribution in [1.82, 2.24) is 9.27 Å². The number of aromatic nitrogens is 1. The molecule has 1 aliphatic rings. The number of carbonyl (C=O) groups is 1. The second kappa shape index (κ2) is 3.57. The molecule has 1 aromatic rings. The molecule has 1 fully saturated rings. The molecule has 0 radical (unpaired) electrons. The normalized spacial score (nSPS) is 15.1. The van der Waals surface area contributed by atoms with Crippen LogP contribution in [0.2, 0.25) is 0 Å². The molecule has 0 atom stereocenters. The molecule has 5 heteroatoms. The molecule has 1 aliphatic heterocycles. The number of nitrogens with one attached hydrogen (secondary N) is 1. The van der Waals surface area contributed by atoms with Crippen molar-refractivity contribution >= 4 is 22.4 Å². The molecule has 76 valence electrons. The van der Waals surface area contributed by atoms with Crippen LogP contribution >= 0.6 is 11.5 Å². The van der Waals surface area contributed by atoms with E-state index in [2.05, 4.69) is 9.69 Å². The number of hydrogen-bond acceptors (Lipinski definition) is 4. The van der Waals surface area contributed by atoms with Crippen molar-refractivity contribution in [3.05, 3.63) is 11.3 Å². The predicted molar refractivity (Wildman–Crippen MR) is 56.9 cm³/mol. The van der Waals surface area contributed by atoms with Gasteiger partial charge in [-0.05, 0) is 24.9 Å². The first kappa shape index (κ1) is 9.45. The maximum Gasteiger partial charge on any atom is 0.258 e. The van der Waals surface area contributed by atoms with E-state index in [4.69, 9.17) is 0 Å². The maximum absolute atomic E-state index is 11.9. The van der Waals surface area contributed by atoms with Crippen LogP contribution in [0, 0.1) is 6.92 Å². The minimum absolute atomic E-state index is 0.117. The highest BCUT2D eigenvalue weighted by atomic mass is 32.1. The summed E-state index contributed by atoms with van der Waals surface area (Å²) in [5.41, 5.74) is 1.58. The molecule has 1 saturated heterocycles. The average Bonchev–Trinajstić information content (AvgIpc) is 2.43. The number of amides is 1. The van der Waals surface area contributed by atoms with Gasteiger partial charge >= 0.3 is 0 Å². The van der Waals surface area contributed by atoms with Crippen molar-refractivity contribution in [2.45, 2.75) is 13.3 Å². The molecule has 1 N–H and O–H groups in total. The first-order valence-electron chi connectivity index (χ1n) is 4.67. The summed E-state index contributed by atoms with van der Waals surface area (Å²) in [5.74, 6) is 0.117. The minimum Gasteiger partial charge on any atom is -0.378 e. The molecule has 1 amide bonds. The summed E-state index contributed by atoms with van der Waals surface area (Å²) in [6.45, 7) is 3.65. The van der Waals surface area contributed by atoms with E-state index in [1.54, 1.807) is 0 Å². The Bertz CT molecular complexity index is 357. The van der Waals surface area contributed by atoms with E-state index in [1.807, 2.05) is 18.9 Å². The van der Waals surface area contributed by atoms with Crippen LogP contribution in [-0.2, 0) is 0 Å². The second-order valence-electron chi connectivity index (χ2n) is 3.37. The predicted octanol–water partition coefficient (Wildman–Crippen LogP) is 1.34. The lowest BCUT2D eigenvalue weighted by molar-refractivity contribution is 0.0652. The lowest BCUT2D eigenvalue weighted by atomic mass is 10.1. The summed E-state index contributed by atoms with van der Waals surface area (Å²) in [4.78, 5) is 13.8. The van der Waals surface area contributed by atoms with Crippen molar-refractivity contribution in [2.75, 3.05) is 25.5 Å². The van der Waals surface area contributed by atoms with Gasteiger partial charge in [-0.15, -0.1) is 0 Å². The molecule has 0 aromatic carbocycles. The summed E-state index contributed by atoms with van der Waals surface area (Å²) in [6, 6.07) is 0. The van der Waals surface area contributed by atoms with Crippen LogP contribution in [0.4, 0.5) is 5.00 Å². The van der Waals surface area contributed by atoms with Crippen LogP contribution < -0.4 is 5.32 Å². The number of hydrogen-bond donors (Lipinski definition) is 1. The van der Waals surface area contributed by atoms with E-state index < -0.39 is 0 Å². The van der Waals surface area contributed by atoms with Gasteiger partial charge in [0.25, 0.3) is 5.91 Å². The van der Waals surface area contributed by atoms with Crippen LogP contribution in [0.25, 0.3) is 0 Å². The third-order valence-corrected chi connectivity index (χ3v) is 3.40. The van der Waals surface area contributed by atoms with E-state index in [-0.39, 0.29) is 5.91 Å². The van der Waals surface area contributed by atoms with Gasteiger partial charge < -0.3 is 10.2 Å². The molecular formula is C9H13N3OS. The number of likely N-dealkylation sites (tertiary alicyclic amines) is 1. The largest absolute Gasteiger partial charge is 0.378 e. The molecule has 0 spiro atoms. The Balaban J connectivity index is 2.28. The number of nitrogens with zero attached hydrogens (tertiary/aromatic N) is 2. The van der Waals surface area contributed by atoms with E-state index in [0.717, 1.165) is 35.8 Å². The van der Waals surface area contributed by atoms with Crippen molar-refractivity contribution in [3.8, 4) is 0 Å². The molecule has 0 bridgehead atoms. The second-order valence-corrected chi connectivity index (χ2v) is 4.14. The van der Waals surface area contributed by atoms with Crippen molar-refractivity contribution < 1.29 is 4.79 Å². The summed E-state index contributed by atoms with van der Waals surface area (Å²) < 4.78 is 4.18. The van der Waals surface area contributed by atoms with E-state index in [9.17, 15) is 4.79 Å². The van der Waals surface area contributed by atoms with Gasteiger partial charge in [0.2, 0.25) is 0 Å². The fraction of sp³-hybridized carbons (Fsp3) is 0.556. The first-order valence-corrected chi connectivity index (χ1v) is 5.44. The molecular weight excluding hydrogens is 198 g/mol. The smallest absolute Gasteiger partial charge is 0.258 e. The zero-order valence-corrected chi connectivity index (χ0v) is 9.15. The molecule has 0 aliphatic carbocycles. The summed E-state index contributed by atoms with van der Waals surface area (Å²) >= 11 is 1.35. The third-order valence-electron chi connectivity index (χ3n) is 2.45. The van der Waals surface area contributed by atoms with Crippen LogP contribution in [-0.4, -0.2) is 35.3 Å². The van der Waals surface area contributed by atoms with Crippen LogP contribution in [0.1, 0.15) is 22.5 Å². The highest BCUT2D eigenvalue weighted by molar-refractivity contribution is 7.10. The lowest BCUT2D eigenvalue weighted by Crippen LogP contribution is -2.42. The highest BCUT2D eigenvalue weighted by Gasteiger charge is 2.26. The summed E-state index contributed by atoms with van der Waals surface area (Å²) in [7, 11) is 1.82. The van der Waals surface area contributed by atoms with Gasteiger partial charge in [-0.3, -0.25) is 4.79 Å². The van der Waals surface area contributed by atoms with Crippen LogP contribution in [0.5, 0.6) is 0 Å². The van der Waals surface area contributed by atoms with E-state index >= 15 is 0 Å². The van der Waals surface area contributed by atoms with Gasteiger partial charge in [-0.25, -0.2) is 0 Å². The standard InChI is InChI=1S/C9H13N3OS/c1-6-7(8(10-2)14-11-6)9(13)12-4-3-5-12/h10H,3-5H2,1-2H3. The lowest BCUT2D eigenvalue weighted by Gasteiger charge is -2.30. The molecule has 1 aromatic heterocycles. The fourth-order valence-electron chi connectivity index (χ4n) is 1.47. The zero-order valence-electron chi connectivity index (χ0n) is 8.33. The van der Waals surface area contributed by atoms with Gasteiger partial charge in [-0.1, -0.05) is 0 Å². The molecule has 14 heavy (non-hydrogen) atoms. The monoisotopic (exact) mass is 211 g/mol. The van der Waals surface area contributed by atoms with Gasteiger partial charge in [0, 0.05) is 20.1 Å². The van der Waals surface area contributed by atoms with Gasteiger partial charge in [0.15, 0.2) is 0 Å². The number of anilines is 1. The maximum atomic E-state index is 11.9. The van der Waals surface area contributed by atoms with Gasteiger partial charge in [0.1, 0.15) is 5.00 Å². The Hall–Kier alpha value is -1.10. The molecule has 2 rings (SSSR count). The SMILES string of the molecule is CNc1snc(C)c1C(=O)N1CCC1. The van der Waals surface area contributed by atoms with Gasteiger partial charge in [-0.2, -0.15) is 4.37 Å². The van der Waals surface area contributed by atoms with Crippen molar-refractivity contribution in [1.29, 1.82) is 0 Å². The van der Waals surface area contributed by atoms with Crippen molar-refractivity contribution in [2.24, 2.45) is 0 Å². The summed E-state index contributed by atoms with van der Waals surface area (Å²) in [6.07, 6.45) is 1.12. The first-order chi connectivity index (χ1) is 6.74. The quantitative estimate of drug-likeness (QED) is 0.803. The van der Waals surface area contributed by atoms with E-state index in [0.29, 0.717) is 0 Å². The number of rotatable bonds is 2. The minimum atomic E-state index is 0.117.